The van der Waals surface area contributed by atoms with Gasteiger partial charge >= 0.3 is 6.09 Å². The van der Waals surface area contributed by atoms with Gasteiger partial charge in [0.05, 0.1) is 0 Å². The number of para-hydroxylation sites is 1. The average Bonchev–Trinajstić information content (AvgIpc) is 3.04. The molecular weight excluding hydrogens is 240 g/mol. The molecule has 4 nitrogen and oxygen atoms in total. The molecule has 1 aromatic rings. The Hall–Kier alpha value is -1.71. The van der Waals surface area contributed by atoms with Gasteiger partial charge in [0.1, 0.15) is 5.60 Å². The zero-order valence-corrected chi connectivity index (χ0v) is 11.8. The number of amides is 1. The van der Waals surface area contributed by atoms with Crippen LogP contribution in [0.15, 0.2) is 24.3 Å². The number of alkyl carbamates (subject to hydrolysis) is 1. The van der Waals surface area contributed by atoms with E-state index in [1.807, 2.05) is 39.0 Å². The average molecular weight is 262 g/mol. The fourth-order valence-corrected chi connectivity index (χ4v) is 2.23. The van der Waals surface area contributed by atoms with E-state index in [1.54, 1.807) is 0 Å². The molecule has 104 valence electrons. The van der Waals surface area contributed by atoms with Gasteiger partial charge in [0.15, 0.2) is 0 Å². The van der Waals surface area contributed by atoms with Crippen molar-refractivity contribution in [3.63, 3.8) is 0 Å². The van der Waals surface area contributed by atoms with Gasteiger partial charge < -0.3 is 15.8 Å². The quantitative estimate of drug-likeness (QED) is 0.823. The molecule has 0 aliphatic heterocycles. The molecule has 0 heterocycles. The fourth-order valence-electron chi connectivity index (χ4n) is 2.23. The maximum absolute atomic E-state index is 11.5. The van der Waals surface area contributed by atoms with Gasteiger partial charge in [-0.1, -0.05) is 18.2 Å². The van der Waals surface area contributed by atoms with Crippen molar-refractivity contribution in [1.29, 1.82) is 0 Å². The number of hydrogen-bond acceptors (Lipinski definition) is 3. The van der Waals surface area contributed by atoms with Crippen LogP contribution in [0.3, 0.4) is 0 Å². The lowest BCUT2D eigenvalue weighted by atomic mass is 10.1. The van der Waals surface area contributed by atoms with Gasteiger partial charge in [-0.2, -0.15) is 0 Å². The van der Waals surface area contributed by atoms with Crippen molar-refractivity contribution in [3.05, 3.63) is 29.8 Å². The Bertz CT molecular complexity index is 465. The smallest absolute Gasteiger partial charge is 0.407 e. The first-order chi connectivity index (χ1) is 8.87. The SMILES string of the molecule is CC(C)(C)OC(=O)NCC1CC1c1ccccc1N. The molecule has 0 aromatic heterocycles. The molecule has 2 unspecified atom stereocenters. The summed E-state index contributed by atoms with van der Waals surface area (Å²) in [5, 5.41) is 2.82. The summed E-state index contributed by atoms with van der Waals surface area (Å²) in [7, 11) is 0. The van der Waals surface area contributed by atoms with E-state index < -0.39 is 5.60 Å². The van der Waals surface area contributed by atoms with Crippen LogP contribution in [-0.2, 0) is 4.74 Å². The van der Waals surface area contributed by atoms with Gasteiger partial charge in [0.25, 0.3) is 0 Å². The topological polar surface area (TPSA) is 64.3 Å². The number of ether oxygens (including phenoxy) is 1. The van der Waals surface area contributed by atoms with E-state index in [2.05, 4.69) is 11.4 Å². The zero-order valence-electron chi connectivity index (χ0n) is 11.8. The lowest BCUT2D eigenvalue weighted by Gasteiger charge is -2.19. The van der Waals surface area contributed by atoms with Crippen molar-refractivity contribution in [3.8, 4) is 0 Å². The summed E-state index contributed by atoms with van der Waals surface area (Å²) in [4.78, 5) is 11.5. The highest BCUT2D eigenvalue weighted by Crippen LogP contribution is 2.48. The van der Waals surface area contributed by atoms with Crippen LogP contribution < -0.4 is 11.1 Å². The van der Waals surface area contributed by atoms with Crippen LogP contribution in [0.2, 0.25) is 0 Å². The van der Waals surface area contributed by atoms with Gasteiger partial charge in [-0.3, -0.25) is 0 Å². The van der Waals surface area contributed by atoms with Crippen LogP contribution in [0.5, 0.6) is 0 Å². The van der Waals surface area contributed by atoms with Crippen LogP contribution in [0.4, 0.5) is 10.5 Å². The Morgan fingerprint density at radius 3 is 2.74 bits per heavy atom. The Morgan fingerprint density at radius 1 is 1.42 bits per heavy atom. The van der Waals surface area contributed by atoms with E-state index in [0.717, 1.165) is 12.1 Å². The minimum atomic E-state index is -0.448. The molecule has 4 heteroatoms. The molecule has 0 radical (unpaired) electrons. The molecule has 19 heavy (non-hydrogen) atoms. The second-order valence-electron chi connectivity index (χ2n) is 6.11. The van der Waals surface area contributed by atoms with Gasteiger partial charge in [-0.05, 0) is 50.7 Å². The normalized spacial score (nSPS) is 21.8. The number of nitrogens with two attached hydrogens (primary N) is 1. The molecule has 1 amide bonds. The van der Waals surface area contributed by atoms with E-state index in [-0.39, 0.29) is 6.09 Å². The highest BCUT2D eigenvalue weighted by atomic mass is 16.6. The predicted molar refractivity (Wildman–Crippen MR) is 75.9 cm³/mol. The number of carbonyl (C=O) groups excluding carboxylic acids is 1. The summed E-state index contributed by atoms with van der Waals surface area (Å²) < 4.78 is 5.21. The van der Waals surface area contributed by atoms with Crippen LogP contribution in [0.1, 0.15) is 38.7 Å². The predicted octanol–water partition coefficient (Wildman–Crippen LogP) is 2.90. The number of nitrogen functional groups attached to an aromatic ring is 1. The van der Waals surface area contributed by atoms with E-state index in [1.165, 1.54) is 5.56 Å². The second kappa shape index (κ2) is 5.11. The first-order valence-corrected chi connectivity index (χ1v) is 6.68. The fraction of sp³-hybridized carbons (Fsp3) is 0.533. The van der Waals surface area contributed by atoms with E-state index in [0.29, 0.717) is 18.4 Å². The van der Waals surface area contributed by atoms with Gasteiger partial charge in [0, 0.05) is 12.2 Å². The van der Waals surface area contributed by atoms with Crippen LogP contribution in [0.25, 0.3) is 0 Å². The molecule has 2 atom stereocenters. The first kappa shape index (κ1) is 13.7. The highest BCUT2D eigenvalue weighted by molar-refractivity contribution is 5.67. The first-order valence-electron chi connectivity index (χ1n) is 6.68. The van der Waals surface area contributed by atoms with Gasteiger partial charge in [-0.15, -0.1) is 0 Å². The maximum Gasteiger partial charge on any atom is 0.407 e. The molecule has 1 aliphatic carbocycles. The lowest BCUT2D eigenvalue weighted by molar-refractivity contribution is 0.0525. The number of hydrogen-bond donors (Lipinski definition) is 2. The summed E-state index contributed by atoms with van der Waals surface area (Å²) in [6.45, 7) is 6.22. The Labute approximate surface area is 114 Å². The standard InChI is InChI=1S/C15H22N2O2/c1-15(2,3)19-14(18)17-9-10-8-12(10)11-6-4-5-7-13(11)16/h4-7,10,12H,8-9,16H2,1-3H3,(H,17,18). The molecule has 0 bridgehead atoms. The maximum atomic E-state index is 11.5. The number of benzene rings is 1. The van der Waals surface area contributed by atoms with E-state index in [4.69, 9.17) is 10.5 Å². The molecule has 0 saturated heterocycles. The molecule has 0 spiro atoms. The lowest BCUT2D eigenvalue weighted by Crippen LogP contribution is -2.33. The molecule has 1 aromatic carbocycles. The molecule has 1 saturated carbocycles. The van der Waals surface area contributed by atoms with Crippen molar-refractivity contribution in [2.75, 3.05) is 12.3 Å². The third kappa shape index (κ3) is 3.88. The van der Waals surface area contributed by atoms with E-state index in [9.17, 15) is 4.79 Å². The van der Waals surface area contributed by atoms with Crippen LogP contribution in [0, 0.1) is 5.92 Å². The molecule has 1 aliphatic rings. The number of nitrogens with one attached hydrogen (secondary N) is 1. The monoisotopic (exact) mass is 262 g/mol. The Balaban J connectivity index is 1.79. The van der Waals surface area contributed by atoms with Crippen molar-refractivity contribution >= 4 is 11.8 Å². The summed E-state index contributed by atoms with van der Waals surface area (Å²) in [5.41, 5.74) is 7.54. The number of carbonyl (C=O) groups is 1. The van der Waals surface area contributed by atoms with Crippen LogP contribution in [-0.4, -0.2) is 18.2 Å². The molecule has 1 fully saturated rings. The summed E-state index contributed by atoms with van der Waals surface area (Å²) >= 11 is 0. The summed E-state index contributed by atoms with van der Waals surface area (Å²) in [5.74, 6) is 0.938. The van der Waals surface area contributed by atoms with Crippen molar-refractivity contribution in [1.82, 2.24) is 5.32 Å². The Kier molecular flexibility index (Phi) is 3.69. The Morgan fingerprint density at radius 2 is 2.11 bits per heavy atom. The minimum absolute atomic E-state index is 0.348. The number of anilines is 1. The summed E-state index contributed by atoms with van der Waals surface area (Å²) in [6, 6.07) is 7.93. The third-order valence-corrected chi connectivity index (χ3v) is 3.23. The summed E-state index contributed by atoms with van der Waals surface area (Å²) in [6.07, 6.45) is 0.725. The highest BCUT2D eigenvalue weighted by Gasteiger charge is 2.39. The molecule has 3 N–H and O–H groups in total. The van der Waals surface area contributed by atoms with Crippen LogP contribution >= 0.6 is 0 Å². The second-order valence-corrected chi connectivity index (χ2v) is 6.11. The molecular formula is C15H22N2O2. The van der Waals surface area contributed by atoms with E-state index >= 15 is 0 Å². The van der Waals surface area contributed by atoms with Crippen molar-refractivity contribution < 1.29 is 9.53 Å². The number of rotatable bonds is 3. The van der Waals surface area contributed by atoms with Gasteiger partial charge in [0.2, 0.25) is 0 Å². The largest absolute Gasteiger partial charge is 0.444 e. The third-order valence-electron chi connectivity index (χ3n) is 3.23. The molecule has 2 rings (SSSR count). The minimum Gasteiger partial charge on any atom is -0.444 e. The van der Waals surface area contributed by atoms with Crippen molar-refractivity contribution in [2.45, 2.75) is 38.7 Å². The zero-order chi connectivity index (χ0) is 14.0. The van der Waals surface area contributed by atoms with Gasteiger partial charge in [-0.25, -0.2) is 4.79 Å². The van der Waals surface area contributed by atoms with Crippen molar-refractivity contribution in [2.24, 2.45) is 5.92 Å².